The van der Waals surface area contributed by atoms with E-state index in [9.17, 15) is 24.0 Å². The van der Waals surface area contributed by atoms with Gasteiger partial charge in [-0.15, -0.1) is 0 Å². The van der Waals surface area contributed by atoms with Gasteiger partial charge in [-0.05, 0) is 5.92 Å². The number of nitrogens with two attached hydrogens (primary N) is 2. The van der Waals surface area contributed by atoms with Gasteiger partial charge in [0.25, 0.3) is 0 Å². The van der Waals surface area contributed by atoms with Crippen LogP contribution >= 0.6 is 0 Å². The van der Waals surface area contributed by atoms with Gasteiger partial charge in [-0.25, -0.2) is 4.79 Å². The first-order valence-corrected chi connectivity index (χ1v) is 7.69. The number of nitrogens with one attached hydrogen (secondary N) is 3. The van der Waals surface area contributed by atoms with E-state index in [1.807, 2.05) is 0 Å². The van der Waals surface area contributed by atoms with Crippen LogP contribution in [-0.2, 0) is 24.0 Å². The van der Waals surface area contributed by atoms with E-state index in [1.165, 1.54) is 0 Å². The van der Waals surface area contributed by atoms with Crippen molar-refractivity contribution in [2.45, 2.75) is 38.8 Å². The minimum Gasteiger partial charge on any atom is -0.480 e. The lowest BCUT2D eigenvalue weighted by atomic mass is 9.97. The van der Waals surface area contributed by atoms with Crippen molar-refractivity contribution >= 4 is 29.6 Å². The molecule has 25 heavy (non-hydrogen) atoms. The molecule has 0 aromatic rings. The third-order valence-electron chi connectivity index (χ3n) is 3.46. The molecule has 142 valence electrons. The fourth-order valence-electron chi connectivity index (χ4n) is 1.84. The molecule has 0 spiro atoms. The van der Waals surface area contributed by atoms with Crippen molar-refractivity contribution < 1.29 is 29.1 Å². The molecule has 0 fully saturated rings. The molecule has 8 N–H and O–H groups in total. The second kappa shape index (κ2) is 11.0. The quantitative estimate of drug-likeness (QED) is 0.227. The summed E-state index contributed by atoms with van der Waals surface area (Å²) in [5, 5.41) is 15.9. The highest BCUT2D eigenvalue weighted by molar-refractivity contribution is 5.93. The lowest BCUT2D eigenvalue weighted by molar-refractivity contribution is -0.144. The summed E-state index contributed by atoms with van der Waals surface area (Å²) in [4.78, 5) is 57.2. The molecule has 0 saturated heterocycles. The Morgan fingerprint density at radius 3 is 2.12 bits per heavy atom. The maximum absolute atomic E-state index is 12.3. The third kappa shape index (κ3) is 8.65. The number of primary amides is 1. The van der Waals surface area contributed by atoms with Crippen LogP contribution in [0.4, 0.5) is 0 Å². The summed E-state index contributed by atoms with van der Waals surface area (Å²) < 4.78 is 0. The molecule has 0 heterocycles. The highest BCUT2D eigenvalue weighted by atomic mass is 16.4. The number of carboxylic acids is 1. The number of aliphatic carboxylic acids is 1. The van der Waals surface area contributed by atoms with E-state index in [0.29, 0.717) is 6.42 Å². The standard InChI is InChI=1S/C14H25N5O6/c1-3-7(2)12(19-11(22)6-17-10(21)5-15)13(23)18-8(14(24)25)4-9(16)20/h7-8,12H,3-6,15H2,1-2H3,(H2,16,20)(H,17,21)(H,18,23)(H,19,22)(H,24,25). The Hall–Kier alpha value is -2.69. The van der Waals surface area contributed by atoms with Crippen LogP contribution in [0.5, 0.6) is 0 Å². The second-order valence-electron chi connectivity index (χ2n) is 5.48. The van der Waals surface area contributed by atoms with Crippen molar-refractivity contribution in [1.29, 1.82) is 0 Å². The highest BCUT2D eigenvalue weighted by Gasteiger charge is 2.30. The smallest absolute Gasteiger partial charge is 0.326 e. The average molecular weight is 359 g/mol. The first-order valence-electron chi connectivity index (χ1n) is 7.69. The van der Waals surface area contributed by atoms with Gasteiger partial charge in [0.2, 0.25) is 23.6 Å². The topological polar surface area (TPSA) is 194 Å². The molecule has 0 aliphatic heterocycles. The zero-order valence-electron chi connectivity index (χ0n) is 14.2. The Labute approximate surface area is 144 Å². The van der Waals surface area contributed by atoms with Crippen LogP contribution in [0.25, 0.3) is 0 Å². The number of hydrogen-bond donors (Lipinski definition) is 6. The van der Waals surface area contributed by atoms with Crippen molar-refractivity contribution in [1.82, 2.24) is 16.0 Å². The van der Waals surface area contributed by atoms with Crippen molar-refractivity contribution in [3.63, 3.8) is 0 Å². The van der Waals surface area contributed by atoms with Crippen LogP contribution in [0.1, 0.15) is 26.7 Å². The number of carbonyl (C=O) groups excluding carboxylic acids is 4. The lowest BCUT2D eigenvalue weighted by Crippen LogP contribution is -2.56. The fraction of sp³-hybridized carbons (Fsp3) is 0.643. The van der Waals surface area contributed by atoms with Crippen LogP contribution in [0.15, 0.2) is 0 Å². The molecule has 11 nitrogen and oxygen atoms in total. The Kier molecular flexibility index (Phi) is 9.79. The monoisotopic (exact) mass is 359 g/mol. The number of carboxylic acid groups (broad SMARTS) is 1. The minimum absolute atomic E-state index is 0.282. The molecule has 0 rings (SSSR count). The van der Waals surface area contributed by atoms with Crippen LogP contribution < -0.4 is 27.4 Å². The van der Waals surface area contributed by atoms with E-state index >= 15 is 0 Å². The molecular formula is C14H25N5O6. The highest BCUT2D eigenvalue weighted by Crippen LogP contribution is 2.09. The van der Waals surface area contributed by atoms with E-state index in [4.69, 9.17) is 16.6 Å². The number of rotatable bonds is 11. The maximum atomic E-state index is 12.3. The molecule has 0 bridgehead atoms. The predicted octanol–water partition coefficient (Wildman–Crippen LogP) is -2.96. The zero-order valence-corrected chi connectivity index (χ0v) is 14.2. The zero-order chi connectivity index (χ0) is 19.6. The molecule has 0 aliphatic rings. The summed E-state index contributed by atoms with van der Waals surface area (Å²) in [6, 6.07) is -2.53. The first kappa shape index (κ1) is 22.3. The van der Waals surface area contributed by atoms with Crippen molar-refractivity contribution in [3.8, 4) is 0 Å². The van der Waals surface area contributed by atoms with Crippen LogP contribution in [0.2, 0.25) is 0 Å². The number of carbonyl (C=O) groups is 5. The molecule has 0 radical (unpaired) electrons. The Morgan fingerprint density at radius 1 is 1.08 bits per heavy atom. The molecule has 4 amide bonds. The SMILES string of the molecule is CCC(C)C(NC(=O)CNC(=O)CN)C(=O)NC(CC(N)=O)C(=O)O. The second-order valence-corrected chi connectivity index (χ2v) is 5.48. The average Bonchev–Trinajstić information content (AvgIpc) is 2.55. The van der Waals surface area contributed by atoms with Gasteiger partial charge in [-0.1, -0.05) is 20.3 Å². The molecule has 0 aromatic heterocycles. The molecule has 0 saturated carbocycles. The van der Waals surface area contributed by atoms with Gasteiger partial charge in [0.05, 0.1) is 19.5 Å². The van der Waals surface area contributed by atoms with E-state index in [2.05, 4.69) is 16.0 Å². The fourth-order valence-corrected chi connectivity index (χ4v) is 1.84. The van der Waals surface area contributed by atoms with E-state index in [0.717, 1.165) is 0 Å². The Balaban J connectivity index is 4.97. The summed E-state index contributed by atoms with van der Waals surface area (Å²) in [6.07, 6.45) is -0.0596. The number of hydrogen-bond acceptors (Lipinski definition) is 6. The van der Waals surface area contributed by atoms with Crippen molar-refractivity contribution in [2.75, 3.05) is 13.1 Å². The van der Waals surface area contributed by atoms with Gasteiger partial charge in [0, 0.05) is 0 Å². The van der Waals surface area contributed by atoms with Gasteiger partial charge in [0.1, 0.15) is 12.1 Å². The van der Waals surface area contributed by atoms with Gasteiger partial charge >= 0.3 is 5.97 Å². The molecular weight excluding hydrogens is 334 g/mol. The summed E-state index contributed by atoms with van der Waals surface area (Å²) in [5.41, 5.74) is 10.1. The van der Waals surface area contributed by atoms with Crippen LogP contribution in [0.3, 0.4) is 0 Å². The van der Waals surface area contributed by atoms with Gasteiger partial charge in [-0.3, -0.25) is 19.2 Å². The minimum atomic E-state index is -1.49. The van der Waals surface area contributed by atoms with Crippen molar-refractivity contribution in [2.24, 2.45) is 17.4 Å². The largest absolute Gasteiger partial charge is 0.480 e. The summed E-state index contributed by atoms with van der Waals surface area (Å²) in [7, 11) is 0. The van der Waals surface area contributed by atoms with E-state index < -0.39 is 48.1 Å². The van der Waals surface area contributed by atoms with Gasteiger partial charge in [0.15, 0.2) is 0 Å². The van der Waals surface area contributed by atoms with E-state index in [-0.39, 0.29) is 19.0 Å². The maximum Gasteiger partial charge on any atom is 0.326 e. The molecule has 3 atom stereocenters. The number of amides is 4. The molecule has 3 unspecified atom stereocenters. The molecule has 0 aromatic carbocycles. The molecule has 0 aliphatic carbocycles. The summed E-state index contributed by atoms with van der Waals surface area (Å²) >= 11 is 0. The summed E-state index contributed by atoms with van der Waals surface area (Å²) in [6.45, 7) is 2.81. The van der Waals surface area contributed by atoms with Crippen molar-refractivity contribution in [3.05, 3.63) is 0 Å². The van der Waals surface area contributed by atoms with Crippen LogP contribution in [-0.4, -0.2) is 59.9 Å². The lowest BCUT2D eigenvalue weighted by Gasteiger charge is -2.25. The molecule has 11 heteroatoms. The normalized spacial score (nSPS) is 13.9. The predicted molar refractivity (Wildman–Crippen MR) is 86.8 cm³/mol. The van der Waals surface area contributed by atoms with Gasteiger partial charge < -0.3 is 32.5 Å². The summed E-state index contributed by atoms with van der Waals surface area (Å²) in [5.74, 6) is -4.56. The first-order chi connectivity index (χ1) is 11.6. The third-order valence-corrected chi connectivity index (χ3v) is 3.46. The Bertz CT molecular complexity index is 524. The Morgan fingerprint density at radius 2 is 1.68 bits per heavy atom. The van der Waals surface area contributed by atoms with E-state index in [1.54, 1.807) is 13.8 Å². The van der Waals surface area contributed by atoms with Gasteiger partial charge in [-0.2, -0.15) is 0 Å². The van der Waals surface area contributed by atoms with Crippen LogP contribution in [0, 0.1) is 5.92 Å².